The molecular weight excluding hydrogens is 274 g/mol. The molecule has 0 atom stereocenters. The summed E-state index contributed by atoms with van der Waals surface area (Å²) in [5.41, 5.74) is 0. The van der Waals surface area contributed by atoms with Crippen LogP contribution < -0.4 is 5.32 Å². The number of fused-ring (bicyclic) bond motifs is 1. The highest BCUT2D eigenvalue weighted by Crippen LogP contribution is 2.28. The molecule has 2 aromatic rings. The normalized spacial score (nSPS) is 22.9. The SMILES string of the molecule is OC1CCC(CNc2nnc(Cl)c3ccccc23)CC1. The van der Waals surface area contributed by atoms with E-state index >= 15 is 0 Å². The van der Waals surface area contributed by atoms with Crippen LogP contribution in [0.4, 0.5) is 5.82 Å². The Morgan fingerprint density at radius 3 is 2.55 bits per heavy atom. The molecule has 0 bridgehead atoms. The van der Waals surface area contributed by atoms with Crippen LogP contribution in [0, 0.1) is 5.92 Å². The molecule has 0 spiro atoms. The van der Waals surface area contributed by atoms with Gasteiger partial charge in [-0.25, -0.2) is 0 Å². The number of nitrogens with one attached hydrogen (secondary N) is 1. The molecule has 5 heteroatoms. The van der Waals surface area contributed by atoms with E-state index in [0.717, 1.165) is 48.8 Å². The highest BCUT2D eigenvalue weighted by atomic mass is 35.5. The minimum Gasteiger partial charge on any atom is -0.393 e. The summed E-state index contributed by atoms with van der Waals surface area (Å²) in [6, 6.07) is 7.88. The Bertz CT molecular complexity index is 597. The largest absolute Gasteiger partial charge is 0.393 e. The second-order valence-electron chi connectivity index (χ2n) is 5.44. The average molecular weight is 292 g/mol. The van der Waals surface area contributed by atoms with Crippen LogP contribution in [0.25, 0.3) is 10.8 Å². The number of hydrogen-bond donors (Lipinski definition) is 2. The summed E-state index contributed by atoms with van der Waals surface area (Å²) in [7, 11) is 0. The van der Waals surface area contributed by atoms with Crippen LogP contribution in [0.1, 0.15) is 25.7 Å². The lowest BCUT2D eigenvalue weighted by molar-refractivity contribution is 0.111. The van der Waals surface area contributed by atoms with Gasteiger partial charge in [0.15, 0.2) is 11.0 Å². The van der Waals surface area contributed by atoms with Gasteiger partial charge in [-0.3, -0.25) is 0 Å². The smallest absolute Gasteiger partial charge is 0.159 e. The molecule has 4 nitrogen and oxygen atoms in total. The summed E-state index contributed by atoms with van der Waals surface area (Å²) < 4.78 is 0. The second kappa shape index (κ2) is 5.94. The molecule has 106 valence electrons. The number of benzene rings is 1. The van der Waals surface area contributed by atoms with E-state index < -0.39 is 0 Å². The first-order chi connectivity index (χ1) is 9.74. The standard InChI is InChI=1S/C15H18ClN3O/c16-14-12-3-1-2-4-13(12)15(19-18-14)17-9-10-5-7-11(20)8-6-10/h1-4,10-11,20H,5-9H2,(H,17,19). The molecule has 0 unspecified atom stereocenters. The third-order valence-electron chi connectivity index (χ3n) is 4.02. The zero-order valence-corrected chi connectivity index (χ0v) is 12.0. The molecule has 0 aliphatic heterocycles. The predicted octanol–water partition coefficient (Wildman–Crippen LogP) is 3.25. The molecule has 1 heterocycles. The van der Waals surface area contributed by atoms with Crippen molar-refractivity contribution < 1.29 is 5.11 Å². The van der Waals surface area contributed by atoms with Gasteiger partial charge in [0.25, 0.3) is 0 Å². The monoisotopic (exact) mass is 291 g/mol. The van der Waals surface area contributed by atoms with E-state index in [4.69, 9.17) is 11.6 Å². The van der Waals surface area contributed by atoms with E-state index in [0.29, 0.717) is 11.1 Å². The first-order valence-corrected chi connectivity index (χ1v) is 7.44. The van der Waals surface area contributed by atoms with Crippen molar-refractivity contribution in [1.82, 2.24) is 10.2 Å². The second-order valence-corrected chi connectivity index (χ2v) is 5.80. The van der Waals surface area contributed by atoms with Crippen molar-refractivity contribution in [1.29, 1.82) is 0 Å². The molecule has 1 aliphatic carbocycles. The highest BCUT2D eigenvalue weighted by Gasteiger charge is 2.19. The van der Waals surface area contributed by atoms with Crippen LogP contribution in [0.2, 0.25) is 5.15 Å². The van der Waals surface area contributed by atoms with Gasteiger partial charge in [0, 0.05) is 17.3 Å². The van der Waals surface area contributed by atoms with Gasteiger partial charge in [-0.1, -0.05) is 35.9 Å². The Morgan fingerprint density at radius 1 is 1.10 bits per heavy atom. The summed E-state index contributed by atoms with van der Waals surface area (Å²) in [5, 5.41) is 23.4. The van der Waals surface area contributed by atoms with E-state index in [9.17, 15) is 5.11 Å². The third-order valence-corrected chi connectivity index (χ3v) is 4.30. The molecule has 20 heavy (non-hydrogen) atoms. The van der Waals surface area contributed by atoms with Gasteiger partial charge in [-0.2, -0.15) is 0 Å². The van der Waals surface area contributed by atoms with Crippen molar-refractivity contribution in [3.05, 3.63) is 29.4 Å². The van der Waals surface area contributed by atoms with Crippen LogP contribution in [0.5, 0.6) is 0 Å². The predicted molar refractivity (Wildman–Crippen MR) is 81.0 cm³/mol. The van der Waals surface area contributed by atoms with Gasteiger partial charge >= 0.3 is 0 Å². The fourth-order valence-electron chi connectivity index (χ4n) is 2.79. The molecule has 2 N–H and O–H groups in total. The van der Waals surface area contributed by atoms with E-state index in [1.165, 1.54) is 0 Å². The van der Waals surface area contributed by atoms with Gasteiger partial charge < -0.3 is 10.4 Å². The summed E-state index contributed by atoms with van der Waals surface area (Å²) >= 11 is 6.06. The number of aliphatic hydroxyl groups is 1. The minimum absolute atomic E-state index is 0.109. The fourth-order valence-corrected chi connectivity index (χ4v) is 2.99. The van der Waals surface area contributed by atoms with E-state index in [1.54, 1.807) is 0 Å². The number of aliphatic hydroxyl groups excluding tert-OH is 1. The Labute approximate surface area is 123 Å². The van der Waals surface area contributed by atoms with Crippen LogP contribution in [0.3, 0.4) is 0 Å². The lowest BCUT2D eigenvalue weighted by Gasteiger charge is -2.25. The molecule has 0 amide bonds. The maximum Gasteiger partial charge on any atom is 0.159 e. The van der Waals surface area contributed by atoms with Crippen LogP contribution >= 0.6 is 11.6 Å². The van der Waals surface area contributed by atoms with Gasteiger partial charge in [-0.15, -0.1) is 10.2 Å². The molecule has 1 aliphatic rings. The van der Waals surface area contributed by atoms with E-state index in [2.05, 4.69) is 15.5 Å². The first kappa shape index (κ1) is 13.6. The Hall–Kier alpha value is -1.39. The number of rotatable bonds is 3. The van der Waals surface area contributed by atoms with Crippen LogP contribution in [-0.2, 0) is 0 Å². The number of halogens is 1. The lowest BCUT2D eigenvalue weighted by Crippen LogP contribution is -2.23. The molecule has 1 fully saturated rings. The fraction of sp³-hybridized carbons (Fsp3) is 0.467. The van der Waals surface area contributed by atoms with Crippen molar-refractivity contribution >= 4 is 28.2 Å². The lowest BCUT2D eigenvalue weighted by atomic mass is 9.87. The molecule has 1 aromatic heterocycles. The maximum atomic E-state index is 9.53. The first-order valence-electron chi connectivity index (χ1n) is 7.07. The Morgan fingerprint density at radius 2 is 1.80 bits per heavy atom. The maximum absolute atomic E-state index is 9.53. The highest BCUT2D eigenvalue weighted by molar-refractivity contribution is 6.34. The van der Waals surface area contributed by atoms with E-state index in [1.807, 2.05) is 24.3 Å². The van der Waals surface area contributed by atoms with Crippen molar-refractivity contribution in [2.75, 3.05) is 11.9 Å². The van der Waals surface area contributed by atoms with Gasteiger partial charge in [0.05, 0.1) is 6.10 Å². The summed E-state index contributed by atoms with van der Waals surface area (Å²) in [4.78, 5) is 0. The van der Waals surface area contributed by atoms with Gasteiger partial charge in [0.1, 0.15) is 0 Å². The number of nitrogens with zero attached hydrogens (tertiary/aromatic N) is 2. The molecular formula is C15H18ClN3O. The molecule has 1 aromatic carbocycles. The minimum atomic E-state index is -0.109. The Balaban J connectivity index is 1.73. The zero-order chi connectivity index (χ0) is 13.9. The van der Waals surface area contributed by atoms with Crippen molar-refractivity contribution in [3.63, 3.8) is 0 Å². The van der Waals surface area contributed by atoms with Crippen LogP contribution in [0.15, 0.2) is 24.3 Å². The van der Waals surface area contributed by atoms with Gasteiger partial charge in [-0.05, 0) is 31.6 Å². The van der Waals surface area contributed by atoms with Crippen molar-refractivity contribution in [2.45, 2.75) is 31.8 Å². The van der Waals surface area contributed by atoms with Crippen molar-refractivity contribution in [2.24, 2.45) is 5.92 Å². The number of hydrogen-bond acceptors (Lipinski definition) is 4. The third kappa shape index (κ3) is 2.86. The van der Waals surface area contributed by atoms with Gasteiger partial charge in [0.2, 0.25) is 0 Å². The summed E-state index contributed by atoms with van der Waals surface area (Å²) in [5.74, 6) is 1.38. The molecule has 3 rings (SSSR count). The molecule has 0 radical (unpaired) electrons. The summed E-state index contributed by atoms with van der Waals surface area (Å²) in [6.45, 7) is 0.868. The Kier molecular flexibility index (Phi) is 4.03. The van der Waals surface area contributed by atoms with Crippen molar-refractivity contribution in [3.8, 4) is 0 Å². The number of anilines is 1. The average Bonchev–Trinajstić information content (AvgIpc) is 2.49. The topological polar surface area (TPSA) is 58.0 Å². The van der Waals surface area contributed by atoms with E-state index in [-0.39, 0.29) is 6.10 Å². The molecule has 1 saturated carbocycles. The summed E-state index contributed by atoms with van der Waals surface area (Å²) in [6.07, 6.45) is 3.82. The van der Waals surface area contributed by atoms with Crippen LogP contribution in [-0.4, -0.2) is 28.0 Å². The molecule has 0 saturated heterocycles. The quantitative estimate of drug-likeness (QED) is 0.911. The number of aromatic nitrogens is 2. The zero-order valence-electron chi connectivity index (χ0n) is 11.2.